The Hall–Kier alpha value is -0.610. The first-order valence-corrected chi connectivity index (χ1v) is 10.4. The van der Waals surface area contributed by atoms with Crippen molar-refractivity contribution in [3.8, 4) is 0 Å². The highest BCUT2D eigenvalue weighted by Crippen LogP contribution is 2.43. The van der Waals surface area contributed by atoms with E-state index in [1.54, 1.807) is 0 Å². The summed E-state index contributed by atoms with van der Waals surface area (Å²) in [6.07, 6.45) is 10.5. The van der Waals surface area contributed by atoms with Gasteiger partial charge in [0.1, 0.15) is 0 Å². The van der Waals surface area contributed by atoms with E-state index in [1.165, 1.54) is 44.9 Å². The number of amides is 1. The van der Waals surface area contributed by atoms with Crippen LogP contribution in [0.25, 0.3) is 0 Å². The lowest BCUT2D eigenvalue weighted by Crippen LogP contribution is -2.52. The van der Waals surface area contributed by atoms with Crippen LogP contribution >= 0.6 is 0 Å². The maximum absolute atomic E-state index is 13.0. The Balaban J connectivity index is 1.24. The molecule has 0 aromatic carbocycles. The minimum atomic E-state index is 0.333. The molecule has 2 saturated carbocycles. The van der Waals surface area contributed by atoms with E-state index in [0.29, 0.717) is 17.7 Å². The third-order valence-corrected chi connectivity index (χ3v) is 7.11. The number of rotatable bonds is 3. The molecule has 0 aromatic heterocycles. The van der Waals surface area contributed by atoms with Crippen molar-refractivity contribution in [2.45, 2.75) is 51.4 Å². The van der Waals surface area contributed by atoms with Crippen LogP contribution in [-0.4, -0.2) is 61.6 Å². The molecule has 4 heteroatoms. The molecule has 0 bridgehead atoms. The van der Waals surface area contributed by atoms with E-state index >= 15 is 0 Å². The van der Waals surface area contributed by atoms with Crippen LogP contribution in [-0.2, 0) is 9.53 Å². The molecule has 136 valence electrons. The maximum Gasteiger partial charge on any atom is 0.225 e. The van der Waals surface area contributed by atoms with Gasteiger partial charge in [0.2, 0.25) is 5.91 Å². The molecule has 0 spiro atoms. The molecule has 2 aliphatic carbocycles. The van der Waals surface area contributed by atoms with Gasteiger partial charge in [0.25, 0.3) is 0 Å². The number of carbonyl (C=O) groups excluding carboxylic acids is 1. The van der Waals surface area contributed by atoms with E-state index in [2.05, 4.69) is 9.80 Å². The van der Waals surface area contributed by atoms with Gasteiger partial charge < -0.3 is 9.64 Å². The van der Waals surface area contributed by atoms with Gasteiger partial charge >= 0.3 is 0 Å². The monoisotopic (exact) mass is 334 g/mol. The molecular formula is C20H34N2O2. The van der Waals surface area contributed by atoms with E-state index < -0.39 is 0 Å². The van der Waals surface area contributed by atoms with Gasteiger partial charge in [-0.05, 0) is 43.4 Å². The Labute approximate surface area is 146 Å². The van der Waals surface area contributed by atoms with Gasteiger partial charge in [-0.15, -0.1) is 0 Å². The third kappa shape index (κ3) is 3.80. The number of nitrogens with zero attached hydrogens (tertiary/aromatic N) is 2. The Morgan fingerprint density at radius 2 is 1.71 bits per heavy atom. The molecule has 24 heavy (non-hydrogen) atoms. The lowest BCUT2D eigenvalue weighted by Gasteiger charge is -2.42. The second-order valence-electron chi connectivity index (χ2n) is 8.67. The highest BCUT2D eigenvalue weighted by molar-refractivity contribution is 5.79. The summed E-state index contributed by atoms with van der Waals surface area (Å²) in [5.41, 5.74) is 0. The van der Waals surface area contributed by atoms with Crippen LogP contribution in [0.5, 0.6) is 0 Å². The summed E-state index contributed by atoms with van der Waals surface area (Å²) >= 11 is 0. The van der Waals surface area contributed by atoms with Crippen molar-refractivity contribution in [2.75, 3.05) is 45.9 Å². The van der Waals surface area contributed by atoms with Crippen LogP contribution in [0, 0.1) is 23.7 Å². The Kier molecular flexibility index (Phi) is 5.43. The largest absolute Gasteiger partial charge is 0.381 e. The first-order valence-electron chi connectivity index (χ1n) is 10.4. The van der Waals surface area contributed by atoms with Gasteiger partial charge in [-0.3, -0.25) is 9.69 Å². The fourth-order valence-electron chi connectivity index (χ4n) is 5.60. The molecule has 4 unspecified atom stereocenters. The van der Waals surface area contributed by atoms with Gasteiger partial charge in [0.05, 0.1) is 6.61 Å². The average molecular weight is 335 g/mol. The quantitative estimate of drug-likeness (QED) is 0.796. The van der Waals surface area contributed by atoms with E-state index in [0.717, 1.165) is 64.2 Å². The summed E-state index contributed by atoms with van der Waals surface area (Å²) in [5, 5.41) is 0. The van der Waals surface area contributed by atoms with E-state index in [1.807, 2.05) is 0 Å². The van der Waals surface area contributed by atoms with Gasteiger partial charge in [-0.1, -0.05) is 25.7 Å². The van der Waals surface area contributed by atoms with Gasteiger partial charge in [0.15, 0.2) is 0 Å². The maximum atomic E-state index is 13.0. The molecule has 0 aromatic rings. The Bertz CT molecular complexity index is 427. The third-order valence-electron chi connectivity index (χ3n) is 7.11. The zero-order valence-corrected chi connectivity index (χ0v) is 15.1. The summed E-state index contributed by atoms with van der Waals surface area (Å²) < 4.78 is 5.49. The predicted octanol–water partition coefficient (Wildman–Crippen LogP) is 2.77. The summed E-state index contributed by atoms with van der Waals surface area (Å²) in [6, 6.07) is 0. The minimum Gasteiger partial charge on any atom is -0.381 e. The zero-order chi connectivity index (χ0) is 16.4. The molecule has 4 rings (SSSR count). The van der Waals surface area contributed by atoms with Crippen LogP contribution in [0.15, 0.2) is 0 Å². The zero-order valence-electron chi connectivity index (χ0n) is 15.1. The molecule has 2 heterocycles. The van der Waals surface area contributed by atoms with Crippen LogP contribution in [0.2, 0.25) is 0 Å². The SMILES string of the molecule is O=C(C1CCC2CCCCC2C1)N1CCN(CC2CCOC2)CC1. The van der Waals surface area contributed by atoms with Crippen molar-refractivity contribution >= 4 is 5.91 Å². The normalized spacial score (nSPS) is 38.1. The standard InChI is InChI=1S/C20H34N2O2/c23-20(19-6-5-17-3-1-2-4-18(17)13-19)22-10-8-21(9-11-22)14-16-7-12-24-15-16/h16-19H,1-15H2. The van der Waals surface area contributed by atoms with Crippen molar-refractivity contribution in [1.82, 2.24) is 9.80 Å². The summed E-state index contributed by atoms with van der Waals surface area (Å²) in [4.78, 5) is 17.7. The number of hydrogen-bond donors (Lipinski definition) is 0. The molecule has 4 nitrogen and oxygen atoms in total. The van der Waals surface area contributed by atoms with Gasteiger partial charge in [-0.25, -0.2) is 0 Å². The summed E-state index contributed by atoms with van der Waals surface area (Å²) in [6.45, 7) is 7.03. The van der Waals surface area contributed by atoms with Crippen LogP contribution in [0.3, 0.4) is 0 Å². The molecule has 4 fully saturated rings. The van der Waals surface area contributed by atoms with Crippen molar-refractivity contribution < 1.29 is 9.53 Å². The second kappa shape index (κ2) is 7.74. The number of hydrogen-bond acceptors (Lipinski definition) is 3. The predicted molar refractivity (Wildman–Crippen MR) is 94.7 cm³/mol. The van der Waals surface area contributed by atoms with Crippen molar-refractivity contribution in [3.63, 3.8) is 0 Å². The van der Waals surface area contributed by atoms with E-state index in [-0.39, 0.29) is 0 Å². The molecule has 4 aliphatic rings. The molecule has 0 N–H and O–H groups in total. The van der Waals surface area contributed by atoms with E-state index in [9.17, 15) is 4.79 Å². The first-order chi connectivity index (χ1) is 11.8. The molecule has 0 radical (unpaired) electrons. The second-order valence-corrected chi connectivity index (χ2v) is 8.67. The summed E-state index contributed by atoms with van der Waals surface area (Å²) in [7, 11) is 0. The Morgan fingerprint density at radius 3 is 2.46 bits per heavy atom. The molecule has 1 amide bonds. The molecular weight excluding hydrogens is 300 g/mol. The lowest BCUT2D eigenvalue weighted by molar-refractivity contribution is -0.139. The van der Waals surface area contributed by atoms with Crippen molar-refractivity contribution in [1.29, 1.82) is 0 Å². The lowest BCUT2D eigenvalue weighted by atomic mass is 9.67. The molecule has 4 atom stereocenters. The first kappa shape index (κ1) is 16.8. The summed E-state index contributed by atoms with van der Waals surface area (Å²) in [5.74, 6) is 3.31. The van der Waals surface area contributed by atoms with E-state index in [4.69, 9.17) is 4.74 Å². The number of ether oxygens (including phenoxy) is 1. The highest BCUT2D eigenvalue weighted by Gasteiger charge is 2.37. The molecule has 2 saturated heterocycles. The minimum absolute atomic E-state index is 0.333. The number of piperazine rings is 1. The fourth-order valence-corrected chi connectivity index (χ4v) is 5.60. The average Bonchev–Trinajstić information content (AvgIpc) is 3.14. The van der Waals surface area contributed by atoms with Crippen LogP contribution in [0.1, 0.15) is 51.4 Å². The molecule has 2 aliphatic heterocycles. The fraction of sp³-hybridized carbons (Fsp3) is 0.950. The van der Waals surface area contributed by atoms with Crippen molar-refractivity contribution in [2.24, 2.45) is 23.7 Å². The topological polar surface area (TPSA) is 32.8 Å². The number of fused-ring (bicyclic) bond motifs is 1. The smallest absolute Gasteiger partial charge is 0.225 e. The van der Waals surface area contributed by atoms with Crippen molar-refractivity contribution in [3.05, 3.63) is 0 Å². The highest BCUT2D eigenvalue weighted by atomic mass is 16.5. The van der Waals surface area contributed by atoms with Gasteiger partial charge in [0, 0.05) is 45.2 Å². The van der Waals surface area contributed by atoms with Crippen LogP contribution < -0.4 is 0 Å². The van der Waals surface area contributed by atoms with Crippen LogP contribution in [0.4, 0.5) is 0 Å². The Morgan fingerprint density at radius 1 is 0.917 bits per heavy atom. The number of carbonyl (C=O) groups is 1. The van der Waals surface area contributed by atoms with Gasteiger partial charge in [-0.2, -0.15) is 0 Å².